The molecule has 5 nitrogen and oxygen atoms in total. The molecule has 3 N–H and O–H groups in total. The molecule has 1 amide bonds. The highest BCUT2D eigenvalue weighted by atomic mass is 32.2. The second kappa shape index (κ2) is 5.97. The smallest absolute Gasteiger partial charge is 0.251 e. The maximum absolute atomic E-state index is 11.9. The molecule has 0 bridgehead atoms. The van der Waals surface area contributed by atoms with Crippen molar-refractivity contribution in [2.75, 3.05) is 12.0 Å². The van der Waals surface area contributed by atoms with Gasteiger partial charge in [0.05, 0.1) is 4.90 Å². The van der Waals surface area contributed by atoms with Gasteiger partial charge in [0, 0.05) is 24.1 Å². The van der Waals surface area contributed by atoms with Gasteiger partial charge in [-0.2, -0.15) is 0 Å². The van der Waals surface area contributed by atoms with Gasteiger partial charge in [0.25, 0.3) is 5.91 Å². The Bertz CT molecular complexity index is 753. The average molecular weight is 304 g/mol. The zero-order chi connectivity index (χ0) is 15.5. The van der Waals surface area contributed by atoms with Crippen LogP contribution in [0.25, 0.3) is 0 Å². The first-order valence-corrected chi connectivity index (χ1v) is 8.18. The molecule has 0 saturated heterocycles. The molecule has 6 heteroatoms. The second-order valence-electron chi connectivity index (χ2n) is 4.72. The van der Waals surface area contributed by atoms with Crippen molar-refractivity contribution < 1.29 is 13.2 Å². The summed E-state index contributed by atoms with van der Waals surface area (Å²) in [5.41, 5.74) is 7.46. The summed E-state index contributed by atoms with van der Waals surface area (Å²) in [7, 11) is -3.20. The number of nitrogens with two attached hydrogens (primary N) is 1. The van der Waals surface area contributed by atoms with Crippen molar-refractivity contribution in [1.82, 2.24) is 5.32 Å². The van der Waals surface area contributed by atoms with Gasteiger partial charge in [0.1, 0.15) is 0 Å². The molecular formula is C15H16N2O3S. The third-order valence-corrected chi connectivity index (χ3v) is 4.08. The summed E-state index contributed by atoms with van der Waals surface area (Å²) in [6.45, 7) is 0.317. The van der Waals surface area contributed by atoms with Crippen LogP contribution in [0.15, 0.2) is 53.4 Å². The molecule has 0 radical (unpaired) electrons. The Labute approximate surface area is 123 Å². The minimum atomic E-state index is -3.20. The summed E-state index contributed by atoms with van der Waals surface area (Å²) in [5.74, 6) is -0.227. The number of sulfone groups is 1. The Hall–Kier alpha value is -2.34. The van der Waals surface area contributed by atoms with E-state index in [1.165, 1.54) is 12.1 Å². The summed E-state index contributed by atoms with van der Waals surface area (Å²) >= 11 is 0. The van der Waals surface area contributed by atoms with E-state index in [-0.39, 0.29) is 10.8 Å². The fourth-order valence-corrected chi connectivity index (χ4v) is 2.45. The average Bonchev–Trinajstić information content (AvgIpc) is 2.44. The van der Waals surface area contributed by atoms with Gasteiger partial charge in [0.15, 0.2) is 9.84 Å². The standard InChI is InChI=1S/C15H16N2O3S/c1-21(19,20)14-7-5-11(6-8-14)10-17-15(18)12-3-2-4-13(16)9-12/h2-9H,10,16H2,1H3,(H,17,18). The van der Waals surface area contributed by atoms with Gasteiger partial charge < -0.3 is 11.1 Å². The van der Waals surface area contributed by atoms with Gasteiger partial charge in [-0.3, -0.25) is 4.79 Å². The topological polar surface area (TPSA) is 89.3 Å². The molecule has 2 aromatic rings. The largest absolute Gasteiger partial charge is 0.399 e. The minimum Gasteiger partial charge on any atom is -0.399 e. The Kier molecular flexibility index (Phi) is 4.28. The van der Waals surface area contributed by atoms with Crippen LogP contribution in [0, 0.1) is 0 Å². The molecule has 0 heterocycles. The summed E-state index contributed by atoms with van der Waals surface area (Å²) in [5, 5.41) is 2.76. The number of amides is 1. The van der Waals surface area contributed by atoms with Crippen molar-refractivity contribution in [3.8, 4) is 0 Å². The zero-order valence-electron chi connectivity index (χ0n) is 11.5. The van der Waals surface area contributed by atoms with Crippen LogP contribution in [0.1, 0.15) is 15.9 Å². The van der Waals surface area contributed by atoms with Crippen LogP contribution in [-0.4, -0.2) is 20.6 Å². The Balaban J connectivity index is 2.02. The molecule has 0 atom stereocenters. The van der Waals surface area contributed by atoms with E-state index in [0.29, 0.717) is 17.8 Å². The summed E-state index contributed by atoms with van der Waals surface area (Å²) < 4.78 is 22.7. The first kappa shape index (κ1) is 15.1. The normalized spacial score (nSPS) is 11.1. The summed E-state index contributed by atoms with van der Waals surface area (Å²) in [6, 6.07) is 13.1. The molecule has 0 fully saturated rings. The van der Waals surface area contributed by atoms with E-state index in [0.717, 1.165) is 11.8 Å². The first-order chi connectivity index (χ1) is 9.86. The fraction of sp³-hybridized carbons (Fsp3) is 0.133. The van der Waals surface area contributed by atoms with Crippen molar-refractivity contribution in [3.05, 3.63) is 59.7 Å². The van der Waals surface area contributed by atoms with Crippen LogP contribution in [0.5, 0.6) is 0 Å². The van der Waals surface area contributed by atoms with Gasteiger partial charge in [-0.25, -0.2) is 8.42 Å². The maximum Gasteiger partial charge on any atom is 0.251 e. The number of benzene rings is 2. The Morgan fingerprint density at radius 3 is 2.38 bits per heavy atom. The maximum atomic E-state index is 11.9. The number of nitrogens with one attached hydrogen (secondary N) is 1. The Morgan fingerprint density at radius 1 is 1.14 bits per heavy atom. The predicted octanol–water partition coefficient (Wildman–Crippen LogP) is 1.60. The van der Waals surface area contributed by atoms with Crippen LogP contribution < -0.4 is 11.1 Å². The SMILES string of the molecule is CS(=O)(=O)c1ccc(CNC(=O)c2cccc(N)c2)cc1. The molecule has 0 aliphatic carbocycles. The van der Waals surface area contributed by atoms with Gasteiger partial charge in [0.2, 0.25) is 0 Å². The van der Waals surface area contributed by atoms with E-state index in [2.05, 4.69) is 5.32 Å². The van der Waals surface area contributed by atoms with Crippen LogP contribution in [0.2, 0.25) is 0 Å². The molecule has 0 aliphatic rings. The zero-order valence-corrected chi connectivity index (χ0v) is 12.4. The number of hydrogen-bond acceptors (Lipinski definition) is 4. The van der Waals surface area contributed by atoms with Crippen LogP contribution in [0.4, 0.5) is 5.69 Å². The number of carbonyl (C=O) groups excluding carboxylic acids is 1. The minimum absolute atomic E-state index is 0.227. The summed E-state index contributed by atoms with van der Waals surface area (Å²) in [4.78, 5) is 12.2. The van der Waals surface area contributed by atoms with Crippen molar-refractivity contribution >= 4 is 21.4 Å². The number of nitrogen functional groups attached to an aromatic ring is 1. The lowest BCUT2D eigenvalue weighted by Crippen LogP contribution is -2.22. The monoisotopic (exact) mass is 304 g/mol. The number of hydrogen-bond donors (Lipinski definition) is 2. The first-order valence-electron chi connectivity index (χ1n) is 6.29. The second-order valence-corrected chi connectivity index (χ2v) is 6.74. The number of rotatable bonds is 4. The molecule has 0 aromatic heterocycles. The van der Waals surface area contributed by atoms with E-state index >= 15 is 0 Å². The van der Waals surface area contributed by atoms with Crippen molar-refractivity contribution in [2.24, 2.45) is 0 Å². The molecule has 0 spiro atoms. The molecule has 2 aromatic carbocycles. The summed E-state index contributed by atoms with van der Waals surface area (Å²) in [6.07, 6.45) is 1.16. The van der Waals surface area contributed by atoms with E-state index in [1.54, 1.807) is 36.4 Å². The van der Waals surface area contributed by atoms with Crippen molar-refractivity contribution in [3.63, 3.8) is 0 Å². The lowest BCUT2D eigenvalue weighted by atomic mass is 10.2. The van der Waals surface area contributed by atoms with Crippen LogP contribution in [-0.2, 0) is 16.4 Å². The van der Waals surface area contributed by atoms with E-state index in [4.69, 9.17) is 5.73 Å². The lowest BCUT2D eigenvalue weighted by molar-refractivity contribution is 0.0951. The molecule has 21 heavy (non-hydrogen) atoms. The van der Waals surface area contributed by atoms with Gasteiger partial charge in [-0.15, -0.1) is 0 Å². The lowest BCUT2D eigenvalue weighted by Gasteiger charge is -2.07. The predicted molar refractivity (Wildman–Crippen MR) is 81.6 cm³/mol. The van der Waals surface area contributed by atoms with E-state index < -0.39 is 9.84 Å². The molecule has 0 aliphatic heterocycles. The quantitative estimate of drug-likeness (QED) is 0.840. The highest BCUT2D eigenvalue weighted by molar-refractivity contribution is 7.90. The van der Waals surface area contributed by atoms with E-state index in [9.17, 15) is 13.2 Å². The highest BCUT2D eigenvalue weighted by Gasteiger charge is 2.08. The molecule has 2 rings (SSSR count). The highest BCUT2D eigenvalue weighted by Crippen LogP contribution is 2.11. The van der Waals surface area contributed by atoms with Crippen LogP contribution in [0.3, 0.4) is 0 Å². The molecule has 110 valence electrons. The molecule has 0 unspecified atom stereocenters. The number of anilines is 1. The van der Waals surface area contributed by atoms with Crippen LogP contribution >= 0.6 is 0 Å². The van der Waals surface area contributed by atoms with Gasteiger partial charge in [-0.1, -0.05) is 18.2 Å². The Morgan fingerprint density at radius 2 is 1.81 bits per heavy atom. The van der Waals surface area contributed by atoms with Crippen molar-refractivity contribution in [2.45, 2.75) is 11.4 Å². The third-order valence-electron chi connectivity index (χ3n) is 2.95. The fourth-order valence-electron chi connectivity index (χ4n) is 1.82. The van der Waals surface area contributed by atoms with Gasteiger partial charge in [-0.05, 0) is 35.9 Å². The molecular weight excluding hydrogens is 288 g/mol. The van der Waals surface area contributed by atoms with E-state index in [1.807, 2.05) is 0 Å². The van der Waals surface area contributed by atoms with Crippen molar-refractivity contribution in [1.29, 1.82) is 0 Å². The third kappa shape index (κ3) is 4.06. The van der Waals surface area contributed by atoms with Gasteiger partial charge >= 0.3 is 0 Å². The molecule has 0 saturated carbocycles. The number of carbonyl (C=O) groups is 1.